The van der Waals surface area contributed by atoms with E-state index in [-0.39, 0.29) is 39.9 Å². The van der Waals surface area contributed by atoms with Crippen LogP contribution in [-0.4, -0.2) is 27.8 Å². The summed E-state index contributed by atoms with van der Waals surface area (Å²) in [5.41, 5.74) is 2.93. The number of nitrogens with one attached hydrogen (secondary N) is 3. The number of aryl methyl sites for hydroxylation is 1. The molecule has 3 amide bonds. The fourth-order valence-electron chi connectivity index (χ4n) is 4.07. The van der Waals surface area contributed by atoms with Crippen molar-refractivity contribution in [1.29, 1.82) is 0 Å². The van der Waals surface area contributed by atoms with E-state index in [9.17, 15) is 19.6 Å². The van der Waals surface area contributed by atoms with Crippen LogP contribution in [0.5, 0.6) is 0 Å². The molecule has 1 aliphatic carbocycles. The van der Waals surface area contributed by atoms with Crippen molar-refractivity contribution in [3.63, 3.8) is 0 Å². The Morgan fingerprint density at radius 3 is 2.33 bits per heavy atom. The van der Waals surface area contributed by atoms with Gasteiger partial charge in [-0.15, -0.1) is 0 Å². The zero-order valence-corrected chi connectivity index (χ0v) is 22.8. The van der Waals surface area contributed by atoms with Gasteiger partial charge in [-0.1, -0.05) is 53.5 Å². The fourth-order valence-corrected chi connectivity index (χ4v) is 4.61. The van der Waals surface area contributed by atoms with Crippen LogP contribution in [0.15, 0.2) is 71.8 Å². The summed E-state index contributed by atoms with van der Waals surface area (Å²) < 4.78 is 1.65. The minimum absolute atomic E-state index is 0.0180. The zero-order chi connectivity index (χ0) is 28.4. The molecule has 1 saturated carbocycles. The molecule has 0 spiro atoms. The number of carbonyl (C=O) groups excluding carboxylic acids is 2. The normalized spacial score (nSPS) is 12.6. The first kappa shape index (κ1) is 27.2. The van der Waals surface area contributed by atoms with Gasteiger partial charge in [0.1, 0.15) is 15.7 Å². The lowest BCUT2D eigenvalue weighted by atomic mass is 9.99. The monoisotopic (exact) mass is 578 g/mol. The molecule has 0 bridgehead atoms. The highest BCUT2D eigenvalue weighted by Gasteiger charge is 2.24. The Kier molecular flexibility index (Phi) is 7.72. The minimum atomic E-state index is -0.778. The molecular formula is C28H24Cl2N6O4. The third kappa shape index (κ3) is 6.08. The van der Waals surface area contributed by atoms with Crippen molar-refractivity contribution in [1.82, 2.24) is 15.1 Å². The molecule has 0 atom stereocenters. The van der Waals surface area contributed by atoms with Crippen molar-refractivity contribution in [3.8, 4) is 22.4 Å². The molecule has 1 aliphatic rings. The Morgan fingerprint density at radius 1 is 1.00 bits per heavy atom. The van der Waals surface area contributed by atoms with Gasteiger partial charge in [0.05, 0.1) is 11.4 Å². The number of benzene rings is 2. The van der Waals surface area contributed by atoms with Gasteiger partial charge in [-0.25, -0.2) is 9.48 Å². The molecule has 204 valence electrons. The van der Waals surface area contributed by atoms with Gasteiger partial charge in [-0.2, -0.15) is 9.83 Å². The summed E-state index contributed by atoms with van der Waals surface area (Å²) in [7, 11) is 0. The lowest BCUT2D eigenvalue weighted by molar-refractivity contribution is -0.605. The zero-order valence-electron chi connectivity index (χ0n) is 21.3. The first-order chi connectivity index (χ1) is 19.2. The van der Waals surface area contributed by atoms with E-state index in [0.29, 0.717) is 21.6 Å². The van der Waals surface area contributed by atoms with Gasteiger partial charge in [0, 0.05) is 23.7 Å². The number of pyridine rings is 1. The second-order valence-electron chi connectivity index (χ2n) is 9.24. The van der Waals surface area contributed by atoms with Crippen LogP contribution in [0.4, 0.5) is 16.2 Å². The number of amides is 3. The van der Waals surface area contributed by atoms with E-state index >= 15 is 0 Å². The van der Waals surface area contributed by atoms with Gasteiger partial charge in [-0.3, -0.25) is 9.59 Å². The van der Waals surface area contributed by atoms with Crippen LogP contribution in [0, 0.1) is 5.21 Å². The van der Waals surface area contributed by atoms with Crippen molar-refractivity contribution in [2.24, 2.45) is 0 Å². The van der Waals surface area contributed by atoms with E-state index in [2.05, 4.69) is 21.0 Å². The van der Waals surface area contributed by atoms with E-state index in [4.69, 9.17) is 23.2 Å². The van der Waals surface area contributed by atoms with Gasteiger partial charge in [0.25, 0.3) is 11.5 Å². The summed E-state index contributed by atoms with van der Waals surface area (Å²) in [6, 6.07) is 15.8. The molecule has 2 heterocycles. The number of hydrogen-bond donors (Lipinski definition) is 3. The van der Waals surface area contributed by atoms with Gasteiger partial charge >= 0.3 is 6.03 Å². The summed E-state index contributed by atoms with van der Waals surface area (Å²) in [6.45, 7) is 2.03. The molecular weight excluding hydrogens is 555 g/mol. The van der Waals surface area contributed by atoms with Crippen LogP contribution in [0.1, 0.15) is 30.1 Å². The summed E-state index contributed by atoms with van der Waals surface area (Å²) in [5, 5.41) is 23.8. The quantitative estimate of drug-likeness (QED) is 0.208. The maximum absolute atomic E-state index is 12.9. The van der Waals surface area contributed by atoms with Crippen molar-refractivity contribution < 1.29 is 14.3 Å². The van der Waals surface area contributed by atoms with Crippen molar-refractivity contribution in [3.05, 3.63) is 98.2 Å². The van der Waals surface area contributed by atoms with Gasteiger partial charge in [0.15, 0.2) is 0 Å². The predicted octanol–water partition coefficient (Wildman–Crippen LogP) is 5.07. The number of carbonyl (C=O) groups is 2. The van der Waals surface area contributed by atoms with Crippen LogP contribution >= 0.6 is 23.2 Å². The first-order valence-electron chi connectivity index (χ1n) is 12.5. The van der Waals surface area contributed by atoms with Crippen LogP contribution in [0.3, 0.4) is 0 Å². The van der Waals surface area contributed by atoms with Crippen molar-refractivity contribution >= 4 is 46.5 Å². The highest BCUT2D eigenvalue weighted by atomic mass is 35.5. The van der Waals surface area contributed by atoms with Gasteiger partial charge < -0.3 is 21.2 Å². The number of halogens is 2. The molecule has 3 N–H and O–H groups in total. The van der Waals surface area contributed by atoms with E-state index in [0.717, 1.165) is 36.4 Å². The Morgan fingerprint density at radius 2 is 1.65 bits per heavy atom. The molecule has 0 unspecified atom stereocenters. The topological polar surface area (TPSA) is 132 Å². The third-order valence-corrected chi connectivity index (χ3v) is 6.82. The number of urea groups is 1. The summed E-state index contributed by atoms with van der Waals surface area (Å²) in [5.74, 6) is -0.100. The number of aromatic nitrogens is 3. The van der Waals surface area contributed by atoms with E-state index in [1.807, 2.05) is 42.5 Å². The van der Waals surface area contributed by atoms with Gasteiger partial charge in [-0.05, 0) is 55.2 Å². The van der Waals surface area contributed by atoms with E-state index in [1.165, 1.54) is 10.7 Å². The summed E-state index contributed by atoms with van der Waals surface area (Å²) >= 11 is 12.1. The highest BCUT2D eigenvalue weighted by molar-refractivity contribution is 6.39. The van der Waals surface area contributed by atoms with Crippen LogP contribution < -0.4 is 26.2 Å². The lowest BCUT2D eigenvalue weighted by Crippen LogP contribution is -2.30. The Hall–Kier alpha value is -4.41. The van der Waals surface area contributed by atoms with E-state index in [1.54, 1.807) is 13.0 Å². The molecule has 2 aromatic heterocycles. The van der Waals surface area contributed by atoms with Crippen molar-refractivity contribution in [2.75, 3.05) is 10.6 Å². The van der Waals surface area contributed by atoms with Crippen LogP contribution in [0.2, 0.25) is 10.0 Å². The van der Waals surface area contributed by atoms with Crippen LogP contribution in [0.25, 0.3) is 22.4 Å². The smallest absolute Gasteiger partial charge is 0.323 e. The molecule has 10 nitrogen and oxygen atoms in total. The SMILES string of the molecule is CCn1nc(-c2cccc(-c3cccc(C(=O)NC4CC4)c3)c2)cc(NC(=O)Nc2c(Cl)c[n+]([O-])cc2Cl)c1=O. The molecule has 5 rings (SSSR count). The molecule has 12 heteroatoms. The Bertz CT molecular complexity index is 1660. The molecule has 2 aromatic carbocycles. The molecule has 0 aliphatic heterocycles. The summed E-state index contributed by atoms with van der Waals surface area (Å²) in [4.78, 5) is 38.2. The third-order valence-electron chi connectivity index (χ3n) is 6.25. The number of rotatable bonds is 7. The number of hydrogen-bond acceptors (Lipinski definition) is 5. The average Bonchev–Trinajstić information content (AvgIpc) is 3.76. The molecule has 1 fully saturated rings. The van der Waals surface area contributed by atoms with Crippen LogP contribution in [-0.2, 0) is 6.54 Å². The minimum Gasteiger partial charge on any atom is -0.619 e. The standard InChI is InChI=1S/C28H24Cl2N6O4/c1-2-36-27(38)24(32-28(39)33-25-21(29)14-35(40)15-22(25)30)13-23(34-36)18-7-3-5-16(11-18)17-6-4-8-19(12-17)26(37)31-20-9-10-20/h3-8,11-15,20H,2,9-10H2,1H3,(H,31,37)(H2,32,33,39). The maximum atomic E-state index is 12.9. The fraction of sp³-hybridized carbons (Fsp3) is 0.179. The number of nitrogens with zero attached hydrogens (tertiary/aromatic N) is 3. The highest BCUT2D eigenvalue weighted by Crippen LogP contribution is 2.29. The lowest BCUT2D eigenvalue weighted by Gasteiger charge is -2.13. The number of anilines is 2. The van der Waals surface area contributed by atoms with Gasteiger partial charge in [0.2, 0.25) is 12.4 Å². The Labute approximate surface area is 239 Å². The molecule has 0 radical (unpaired) electrons. The average molecular weight is 579 g/mol. The first-order valence-corrected chi connectivity index (χ1v) is 13.3. The summed E-state index contributed by atoms with van der Waals surface area (Å²) in [6.07, 6.45) is 4.10. The molecule has 40 heavy (non-hydrogen) atoms. The maximum Gasteiger partial charge on any atom is 0.323 e. The molecule has 0 saturated heterocycles. The molecule has 4 aromatic rings. The Balaban J connectivity index is 1.43. The largest absolute Gasteiger partial charge is 0.619 e. The second kappa shape index (κ2) is 11.4. The predicted molar refractivity (Wildman–Crippen MR) is 154 cm³/mol. The second-order valence-corrected chi connectivity index (χ2v) is 10.1. The van der Waals surface area contributed by atoms with Crippen molar-refractivity contribution in [2.45, 2.75) is 32.4 Å². The van der Waals surface area contributed by atoms with E-state index < -0.39 is 11.6 Å².